The summed E-state index contributed by atoms with van der Waals surface area (Å²) in [5.74, 6) is 2.51. The Labute approximate surface area is 105 Å². The van der Waals surface area contributed by atoms with Crippen molar-refractivity contribution >= 4 is 5.95 Å². The molecule has 1 atom stereocenters. The number of nitrogens with zero attached hydrogens (tertiary/aromatic N) is 5. The van der Waals surface area contributed by atoms with Gasteiger partial charge < -0.3 is 9.42 Å². The fraction of sp³-hybridized carbons (Fsp3) is 0.500. The highest BCUT2D eigenvalue weighted by Crippen LogP contribution is 2.26. The first-order valence-corrected chi connectivity index (χ1v) is 6.15. The number of hydrogen-bond donors (Lipinski definition) is 0. The van der Waals surface area contributed by atoms with Crippen LogP contribution < -0.4 is 4.90 Å². The Morgan fingerprint density at radius 2 is 2.17 bits per heavy atom. The molecule has 2 aromatic rings. The van der Waals surface area contributed by atoms with Crippen molar-refractivity contribution in [2.24, 2.45) is 0 Å². The molecule has 6 heteroatoms. The summed E-state index contributed by atoms with van der Waals surface area (Å²) >= 11 is 0. The number of hydrogen-bond acceptors (Lipinski definition) is 6. The van der Waals surface area contributed by atoms with E-state index in [1.165, 1.54) is 0 Å². The first-order valence-electron chi connectivity index (χ1n) is 6.15. The predicted molar refractivity (Wildman–Crippen MR) is 65.3 cm³/mol. The molecular weight excluding hydrogens is 230 g/mol. The van der Waals surface area contributed by atoms with Crippen LogP contribution in [-0.2, 0) is 0 Å². The second-order valence-corrected chi connectivity index (χ2v) is 4.51. The minimum atomic E-state index is 0.306. The molecule has 1 aliphatic heterocycles. The molecule has 2 aromatic heterocycles. The van der Waals surface area contributed by atoms with E-state index in [1.54, 1.807) is 12.4 Å². The summed E-state index contributed by atoms with van der Waals surface area (Å²) in [6, 6.07) is 1.83. The van der Waals surface area contributed by atoms with Gasteiger partial charge in [0, 0.05) is 38.3 Å². The molecule has 0 aliphatic carbocycles. The van der Waals surface area contributed by atoms with Crippen molar-refractivity contribution in [1.29, 1.82) is 0 Å². The molecule has 0 amide bonds. The van der Waals surface area contributed by atoms with Gasteiger partial charge in [0.25, 0.3) is 0 Å². The minimum Gasteiger partial charge on any atom is -0.340 e. The third-order valence-corrected chi connectivity index (χ3v) is 3.16. The molecule has 94 valence electrons. The van der Waals surface area contributed by atoms with E-state index in [2.05, 4.69) is 25.0 Å². The molecule has 0 saturated carbocycles. The number of rotatable bonds is 2. The average Bonchev–Trinajstić information content (AvgIpc) is 2.87. The Kier molecular flexibility index (Phi) is 2.92. The van der Waals surface area contributed by atoms with Crippen LogP contribution in [0.3, 0.4) is 0 Å². The Morgan fingerprint density at radius 1 is 1.33 bits per heavy atom. The molecule has 6 nitrogen and oxygen atoms in total. The SMILES string of the molecule is Cc1nc([C@@H]2CCCN(c3ncccn3)C2)no1. The van der Waals surface area contributed by atoms with E-state index in [0.717, 1.165) is 37.7 Å². The standard InChI is InChI=1S/C12H15N5O/c1-9-15-11(16-18-9)10-4-2-7-17(8-10)12-13-5-3-6-14-12/h3,5-6,10H,2,4,7-8H2,1H3/t10-/m1/s1. The number of aryl methyl sites for hydroxylation is 1. The molecule has 0 N–H and O–H groups in total. The van der Waals surface area contributed by atoms with E-state index in [4.69, 9.17) is 4.52 Å². The largest absolute Gasteiger partial charge is 0.340 e. The Hall–Kier alpha value is -1.98. The summed E-state index contributed by atoms with van der Waals surface area (Å²) in [6.45, 7) is 3.65. The van der Waals surface area contributed by atoms with Gasteiger partial charge in [0.15, 0.2) is 5.82 Å². The van der Waals surface area contributed by atoms with Gasteiger partial charge in [0.1, 0.15) is 0 Å². The highest BCUT2D eigenvalue weighted by Gasteiger charge is 2.26. The van der Waals surface area contributed by atoms with Crippen molar-refractivity contribution in [3.8, 4) is 0 Å². The zero-order valence-corrected chi connectivity index (χ0v) is 10.3. The van der Waals surface area contributed by atoms with Crippen LogP contribution in [0, 0.1) is 6.92 Å². The van der Waals surface area contributed by atoms with Crippen molar-refractivity contribution in [2.45, 2.75) is 25.7 Å². The summed E-state index contributed by atoms with van der Waals surface area (Å²) < 4.78 is 5.05. The smallest absolute Gasteiger partial charge is 0.225 e. The van der Waals surface area contributed by atoms with Gasteiger partial charge in [-0.1, -0.05) is 5.16 Å². The molecule has 0 aromatic carbocycles. The topological polar surface area (TPSA) is 67.9 Å². The molecule has 1 saturated heterocycles. The molecule has 18 heavy (non-hydrogen) atoms. The molecule has 0 radical (unpaired) electrons. The van der Waals surface area contributed by atoms with Crippen molar-refractivity contribution in [1.82, 2.24) is 20.1 Å². The number of piperidine rings is 1. The molecular formula is C12H15N5O. The first-order chi connectivity index (χ1) is 8.83. The summed E-state index contributed by atoms with van der Waals surface area (Å²) in [4.78, 5) is 15.1. The third-order valence-electron chi connectivity index (χ3n) is 3.16. The van der Waals surface area contributed by atoms with Crippen LogP contribution >= 0.6 is 0 Å². The van der Waals surface area contributed by atoms with Crippen LogP contribution in [0.25, 0.3) is 0 Å². The first kappa shape index (κ1) is 11.1. The molecule has 0 spiro atoms. The second kappa shape index (κ2) is 4.72. The lowest BCUT2D eigenvalue weighted by atomic mass is 9.98. The number of aromatic nitrogens is 4. The van der Waals surface area contributed by atoms with Crippen molar-refractivity contribution in [3.63, 3.8) is 0 Å². The van der Waals surface area contributed by atoms with Crippen LogP contribution in [0.15, 0.2) is 23.0 Å². The van der Waals surface area contributed by atoms with Gasteiger partial charge in [0.2, 0.25) is 11.8 Å². The molecule has 1 aliphatic rings. The van der Waals surface area contributed by atoms with E-state index in [1.807, 2.05) is 13.0 Å². The van der Waals surface area contributed by atoms with E-state index in [9.17, 15) is 0 Å². The normalized spacial score (nSPS) is 20.1. The fourth-order valence-electron chi connectivity index (χ4n) is 2.30. The van der Waals surface area contributed by atoms with Crippen LogP contribution in [0.2, 0.25) is 0 Å². The Bertz CT molecular complexity index is 512. The third kappa shape index (κ3) is 2.18. The van der Waals surface area contributed by atoms with Gasteiger partial charge in [-0.3, -0.25) is 0 Å². The van der Waals surface area contributed by atoms with Crippen LogP contribution in [-0.4, -0.2) is 33.2 Å². The molecule has 1 fully saturated rings. The van der Waals surface area contributed by atoms with Crippen molar-refractivity contribution < 1.29 is 4.52 Å². The van der Waals surface area contributed by atoms with E-state index in [0.29, 0.717) is 11.8 Å². The average molecular weight is 245 g/mol. The molecule has 3 heterocycles. The predicted octanol–water partition coefficient (Wildman–Crippen LogP) is 1.55. The molecule has 0 bridgehead atoms. The summed E-state index contributed by atoms with van der Waals surface area (Å²) in [7, 11) is 0. The van der Waals surface area contributed by atoms with Gasteiger partial charge >= 0.3 is 0 Å². The number of anilines is 1. The van der Waals surface area contributed by atoms with Crippen LogP contribution in [0.1, 0.15) is 30.5 Å². The lowest BCUT2D eigenvalue weighted by Crippen LogP contribution is -2.35. The zero-order valence-electron chi connectivity index (χ0n) is 10.3. The Morgan fingerprint density at radius 3 is 2.89 bits per heavy atom. The fourth-order valence-corrected chi connectivity index (χ4v) is 2.30. The van der Waals surface area contributed by atoms with E-state index < -0.39 is 0 Å². The van der Waals surface area contributed by atoms with E-state index >= 15 is 0 Å². The second-order valence-electron chi connectivity index (χ2n) is 4.51. The monoisotopic (exact) mass is 245 g/mol. The molecule has 0 unspecified atom stereocenters. The highest BCUT2D eigenvalue weighted by atomic mass is 16.5. The van der Waals surface area contributed by atoms with Crippen molar-refractivity contribution in [3.05, 3.63) is 30.2 Å². The maximum absolute atomic E-state index is 5.05. The zero-order chi connectivity index (χ0) is 12.4. The van der Waals surface area contributed by atoms with Crippen molar-refractivity contribution in [2.75, 3.05) is 18.0 Å². The van der Waals surface area contributed by atoms with Gasteiger partial charge in [0.05, 0.1) is 0 Å². The lowest BCUT2D eigenvalue weighted by molar-refractivity contribution is 0.376. The summed E-state index contributed by atoms with van der Waals surface area (Å²) in [5, 5.41) is 4.01. The lowest BCUT2D eigenvalue weighted by Gasteiger charge is -2.31. The summed E-state index contributed by atoms with van der Waals surface area (Å²) in [6.07, 6.45) is 5.72. The molecule has 3 rings (SSSR count). The maximum Gasteiger partial charge on any atom is 0.225 e. The minimum absolute atomic E-state index is 0.306. The van der Waals surface area contributed by atoms with Gasteiger partial charge in [-0.25, -0.2) is 9.97 Å². The highest BCUT2D eigenvalue weighted by molar-refractivity contribution is 5.30. The summed E-state index contributed by atoms with van der Waals surface area (Å²) in [5.41, 5.74) is 0. The van der Waals surface area contributed by atoms with Crippen LogP contribution in [0.4, 0.5) is 5.95 Å². The van der Waals surface area contributed by atoms with Gasteiger partial charge in [-0.15, -0.1) is 0 Å². The quantitative estimate of drug-likeness (QED) is 0.799. The van der Waals surface area contributed by atoms with Gasteiger partial charge in [-0.2, -0.15) is 4.98 Å². The maximum atomic E-state index is 5.05. The van der Waals surface area contributed by atoms with Crippen LogP contribution in [0.5, 0.6) is 0 Å². The Balaban J connectivity index is 1.76. The van der Waals surface area contributed by atoms with E-state index in [-0.39, 0.29) is 0 Å². The van der Waals surface area contributed by atoms with Gasteiger partial charge in [-0.05, 0) is 18.9 Å².